The van der Waals surface area contributed by atoms with Gasteiger partial charge in [-0.3, -0.25) is 0 Å². The molecule has 0 aromatic heterocycles. The van der Waals surface area contributed by atoms with Crippen molar-refractivity contribution < 1.29 is 5.11 Å². The Morgan fingerprint density at radius 2 is 1.77 bits per heavy atom. The lowest BCUT2D eigenvalue weighted by Gasteiger charge is -2.27. The lowest BCUT2D eigenvalue weighted by Crippen LogP contribution is -2.34. The van der Waals surface area contributed by atoms with E-state index in [1.54, 1.807) is 0 Å². The maximum atomic E-state index is 9.71. The predicted octanol–water partition coefficient (Wildman–Crippen LogP) is 1.54. The molecule has 0 amide bonds. The molecule has 2 rings (SSSR count). The van der Waals surface area contributed by atoms with Crippen molar-refractivity contribution in [2.45, 2.75) is 44.6 Å². The third kappa shape index (κ3) is 2.96. The first-order valence-electron chi connectivity index (χ1n) is 5.75. The molecule has 0 bridgehead atoms. The maximum Gasteiger partial charge on any atom is 0.0580 e. The molecule has 0 aliphatic heterocycles. The largest absolute Gasteiger partial charge is 0.393 e. The van der Waals surface area contributed by atoms with E-state index in [4.69, 9.17) is 0 Å². The summed E-state index contributed by atoms with van der Waals surface area (Å²) in [6, 6.07) is 0. The van der Waals surface area contributed by atoms with Gasteiger partial charge in [0.05, 0.1) is 6.10 Å². The molecule has 2 N–H and O–H groups in total. The minimum absolute atomic E-state index is 0.0274. The standard InChI is InChI=1S/C11H21NO/c13-11-4-2-1-3-10(11)8-12-7-9-5-6-9/h9-13H,1-8H2. The average molecular weight is 183 g/mol. The molecule has 13 heavy (non-hydrogen) atoms. The van der Waals surface area contributed by atoms with Gasteiger partial charge in [0.25, 0.3) is 0 Å². The van der Waals surface area contributed by atoms with Gasteiger partial charge in [0.2, 0.25) is 0 Å². The van der Waals surface area contributed by atoms with Gasteiger partial charge >= 0.3 is 0 Å². The van der Waals surface area contributed by atoms with E-state index in [0.29, 0.717) is 5.92 Å². The van der Waals surface area contributed by atoms with Crippen LogP contribution < -0.4 is 5.32 Å². The maximum absolute atomic E-state index is 9.71. The molecule has 0 saturated heterocycles. The monoisotopic (exact) mass is 183 g/mol. The zero-order valence-corrected chi connectivity index (χ0v) is 8.34. The minimum Gasteiger partial charge on any atom is -0.393 e. The summed E-state index contributed by atoms with van der Waals surface area (Å²) in [5.41, 5.74) is 0. The third-order valence-electron chi connectivity index (χ3n) is 3.41. The van der Waals surface area contributed by atoms with Gasteiger partial charge in [-0.1, -0.05) is 12.8 Å². The van der Waals surface area contributed by atoms with Crippen molar-refractivity contribution in [1.29, 1.82) is 0 Å². The molecule has 2 saturated carbocycles. The molecule has 2 heteroatoms. The van der Waals surface area contributed by atoms with Gasteiger partial charge in [-0.2, -0.15) is 0 Å². The summed E-state index contributed by atoms with van der Waals surface area (Å²) < 4.78 is 0. The van der Waals surface area contributed by atoms with Crippen LogP contribution in [0.3, 0.4) is 0 Å². The Balaban J connectivity index is 1.60. The predicted molar refractivity (Wildman–Crippen MR) is 53.6 cm³/mol. The Labute approximate surface area is 80.7 Å². The van der Waals surface area contributed by atoms with Crippen molar-refractivity contribution in [2.75, 3.05) is 13.1 Å². The lowest BCUT2D eigenvalue weighted by molar-refractivity contribution is 0.0696. The van der Waals surface area contributed by atoms with Crippen LogP contribution in [0.15, 0.2) is 0 Å². The van der Waals surface area contributed by atoms with Gasteiger partial charge < -0.3 is 10.4 Å². The van der Waals surface area contributed by atoms with Gasteiger partial charge in [0.15, 0.2) is 0 Å². The van der Waals surface area contributed by atoms with Crippen molar-refractivity contribution in [3.05, 3.63) is 0 Å². The normalized spacial score (nSPS) is 34.8. The number of rotatable bonds is 4. The van der Waals surface area contributed by atoms with E-state index in [0.717, 1.165) is 18.9 Å². The van der Waals surface area contributed by atoms with E-state index in [1.165, 1.54) is 38.6 Å². The summed E-state index contributed by atoms with van der Waals surface area (Å²) in [6.45, 7) is 2.22. The molecule has 2 fully saturated rings. The van der Waals surface area contributed by atoms with E-state index in [1.807, 2.05) is 0 Å². The Bertz CT molecular complexity index is 156. The Hall–Kier alpha value is -0.0800. The molecule has 2 atom stereocenters. The number of hydrogen-bond acceptors (Lipinski definition) is 2. The first-order valence-corrected chi connectivity index (χ1v) is 5.75. The van der Waals surface area contributed by atoms with E-state index < -0.39 is 0 Å². The molecule has 2 aliphatic carbocycles. The second-order valence-corrected chi connectivity index (χ2v) is 4.71. The summed E-state index contributed by atoms with van der Waals surface area (Å²) in [5.74, 6) is 1.49. The van der Waals surface area contributed by atoms with Crippen LogP contribution in [0.1, 0.15) is 38.5 Å². The van der Waals surface area contributed by atoms with E-state index in [-0.39, 0.29) is 6.10 Å². The topological polar surface area (TPSA) is 32.3 Å². The number of aliphatic hydroxyl groups excluding tert-OH is 1. The third-order valence-corrected chi connectivity index (χ3v) is 3.41. The lowest BCUT2D eigenvalue weighted by atomic mass is 9.86. The Morgan fingerprint density at radius 1 is 1.00 bits per heavy atom. The van der Waals surface area contributed by atoms with Crippen molar-refractivity contribution >= 4 is 0 Å². The second-order valence-electron chi connectivity index (χ2n) is 4.71. The molecule has 0 heterocycles. The van der Waals surface area contributed by atoms with Crippen molar-refractivity contribution in [2.24, 2.45) is 11.8 Å². The Morgan fingerprint density at radius 3 is 2.46 bits per heavy atom. The summed E-state index contributed by atoms with van der Waals surface area (Å²) in [7, 11) is 0. The van der Waals surface area contributed by atoms with Crippen LogP contribution in [0.4, 0.5) is 0 Å². The van der Waals surface area contributed by atoms with E-state index in [9.17, 15) is 5.11 Å². The first-order chi connectivity index (χ1) is 6.36. The fraction of sp³-hybridized carbons (Fsp3) is 1.00. The van der Waals surface area contributed by atoms with Crippen molar-refractivity contribution in [3.63, 3.8) is 0 Å². The van der Waals surface area contributed by atoms with Crippen molar-refractivity contribution in [3.8, 4) is 0 Å². The number of aliphatic hydroxyl groups is 1. The molecular weight excluding hydrogens is 162 g/mol. The van der Waals surface area contributed by atoms with Crippen LogP contribution in [-0.2, 0) is 0 Å². The summed E-state index contributed by atoms with van der Waals surface area (Å²) >= 11 is 0. The fourth-order valence-corrected chi connectivity index (χ4v) is 2.22. The van der Waals surface area contributed by atoms with Gasteiger partial charge in [-0.25, -0.2) is 0 Å². The van der Waals surface area contributed by atoms with Crippen LogP contribution in [0, 0.1) is 11.8 Å². The molecule has 2 nitrogen and oxygen atoms in total. The average Bonchev–Trinajstić information content (AvgIpc) is 2.92. The van der Waals surface area contributed by atoms with Crippen LogP contribution in [0.5, 0.6) is 0 Å². The summed E-state index contributed by atoms with van der Waals surface area (Å²) in [5, 5.41) is 13.2. The smallest absolute Gasteiger partial charge is 0.0580 e. The minimum atomic E-state index is -0.0274. The van der Waals surface area contributed by atoms with Crippen LogP contribution in [0.25, 0.3) is 0 Å². The summed E-state index contributed by atoms with van der Waals surface area (Å²) in [4.78, 5) is 0. The van der Waals surface area contributed by atoms with Gasteiger partial charge in [0.1, 0.15) is 0 Å². The molecular formula is C11H21NO. The van der Waals surface area contributed by atoms with E-state index in [2.05, 4.69) is 5.32 Å². The van der Waals surface area contributed by atoms with Crippen molar-refractivity contribution in [1.82, 2.24) is 5.32 Å². The SMILES string of the molecule is OC1CCCCC1CNCC1CC1. The molecule has 0 spiro atoms. The molecule has 2 unspecified atom stereocenters. The molecule has 0 radical (unpaired) electrons. The number of nitrogens with one attached hydrogen (secondary N) is 1. The Kier molecular flexibility index (Phi) is 3.23. The highest BCUT2D eigenvalue weighted by Gasteiger charge is 2.24. The van der Waals surface area contributed by atoms with E-state index >= 15 is 0 Å². The van der Waals surface area contributed by atoms with Gasteiger partial charge in [0, 0.05) is 6.54 Å². The second kappa shape index (κ2) is 4.43. The van der Waals surface area contributed by atoms with Crippen LogP contribution in [-0.4, -0.2) is 24.3 Å². The van der Waals surface area contributed by atoms with Gasteiger partial charge in [-0.15, -0.1) is 0 Å². The molecule has 2 aliphatic rings. The zero-order chi connectivity index (χ0) is 9.10. The first kappa shape index (κ1) is 9.47. The molecule has 76 valence electrons. The zero-order valence-electron chi connectivity index (χ0n) is 8.34. The molecule has 0 aromatic rings. The fourth-order valence-electron chi connectivity index (χ4n) is 2.22. The summed E-state index contributed by atoms with van der Waals surface area (Å²) in [6.07, 6.45) is 7.59. The highest BCUT2D eigenvalue weighted by molar-refractivity contribution is 4.79. The number of hydrogen-bond donors (Lipinski definition) is 2. The van der Waals surface area contributed by atoms with Gasteiger partial charge in [-0.05, 0) is 44.1 Å². The molecule has 0 aromatic carbocycles. The highest BCUT2D eigenvalue weighted by Crippen LogP contribution is 2.28. The van der Waals surface area contributed by atoms with Crippen LogP contribution in [0.2, 0.25) is 0 Å². The quantitative estimate of drug-likeness (QED) is 0.693. The highest BCUT2D eigenvalue weighted by atomic mass is 16.3. The van der Waals surface area contributed by atoms with Crippen LogP contribution >= 0.6 is 0 Å².